The van der Waals surface area contributed by atoms with Crippen molar-refractivity contribution in [3.63, 3.8) is 0 Å². The molecule has 2 aliphatic rings. The van der Waals surface area contributed by atoms with Gasteiger partial charge in [0.2, 0.25) is 0 Å². The Balaban J connectivity index is 0.000000342. The van der Waals surface area contributed by atoms with Gasteiger partial charge >= 0.3 is 0 Å². The van der Waals surface area contributed by atoms with E-state index in [0.29, 0.717) is 11.1 Å². The third-order valence-corrected chi connectivity index (χ3v) is 5.84. The standard InChI is InChI=1S/C17H16Cl3N.C4H9N.C2H6/c18-12-4-7-14(8-5-12)21-10-2-1-3-17(21)15-9-6-13(19)11-16(15)20;1-4(5)2-3-4;1-2/h4-9,11,17H,1-3,10H2;2-3,5H2,1H3;1-2H3. The molecule has 0 spiro atoms. The van der Waals surface area contributed by atoms with E-state index in [-0.39, 0.29) is 5.54 Å². The molecule has 4 rings (SSSR count). The number of halogens is 3. The van der Waals surface area contributed by atoms with Crippen molar-refractivity contribution in [2.75, 3.05) is 11.4 Å². The monoisotopic (exact) mass is 440 g/mol. The fraction of sp³-hybridized carbons (Fsp3) is 0.478. The van der Waals surface area contributed by atoms with Crippen LogP contribution in [-0.4, -0.2) is 12.1 Å². The summed E-state index contributed by atoms with van der Waals surface area (Å²) in [6.07, 6.45) is 5.97. The Labute approximate surface area is 185 Å². The van der Waals surface area contributed by atoms with Gasteiger partial charge in [-0.3, -0.25) is 0 Å². The fourth-order valence-corrected chi connectivity index (χ4v) is 3.83. The van der Waals surface area contributed by atoms with Crippen LogP contribution in [0, 0.1) is 0 Å². The number of nitrogens with zero attached hydrogens (tertiary/aromatic N) is 1. The first-order valence-corrected chi connectivity index (χ1v) is 11.3. The third kappa shape index (κ3) is 6.84. The molecule has 1 unspecified atom stereocenters. The van der Waals surface area contributed by atoms with Crippen LogP contribution in [0.4, 0.5) is 5.69 Å². The van der Waals surface area contributed by atoms with Gasteiger partial charge in [-0.2, -0.15) is 0 Å². The van der Waals surface area contributed by atoms with Crippen LogP contribution >= 0.6 is 34.8 Å². The highest BCUT2D eigenvalue weighted by Gasteiger charge is 2.31. The van der Waals surface area contributed by atoms with Crippen molar-refractivity contribution in [2.45, 2.75) is 64.5 Å². The Morgan fingerprint density at radius 3 is 2.04 bits per heavy atom. The molecular formula is C23H31Cl3N2. The molecule has 1 saturated carbocycles. The van der Waals surface area contributed by atoms with Crippen molar-refractivity contribution in [2.24, 2.45) is 5.73 Å². The van der Waals surface area contributed by atoms with Gasteiger partial charge in [0.25, 0.3) is 0 Å². The van der Waals surface area contributed by atoms with Crippen molar-refractivity contribution >= 4 is 40.5 Å². The molecule has 1 heterocycles. The lowest BCUT2D eigenvalue weighted by Gasteiger charge is -2.38. The SMILES string of the molecule is CC.CC1(N)CC1.Clc1ccc(N2CCCCC2c2ccc(Cl)cc2Cl)cc1. The summed E-state index contributed by atoms with van der Waals surface area (Å²) in [6, 6.07) is 14.1. The van der Waals surface area contributed by atoms with Crippen molar-refractivity contribution in [1.82, 2.24) is 0 Å². The molecule has 2 fully saturated rings. The molecule has 2 aromatic carbocycles. The molecule has 1 aliphatic carbocycles. The predicted molar refractivity (Wildman–Crippen MR) is 125 cm³/mol. The smallest absolute Gasteiger partial charge is 0.0557 e. The van der Waals surface area contributed by atoms with Gasteiger partial charge in [-0.15, -0.1) is 0 Å². The Morgan fingerprint density at radius 2 is 1.50 bits per heavy atom. The van der Waals surface area contributed by atoms with E-state index in [1.165, 1.54) is 31.4 Å². The van der Waals surface area contributed by atoms with Gasteiger partial charge in [0.1, 0.15) is 0 Å². The first-order chi connectivity index (χ1) is 13.4. The number of rotatable bonds is 2. The molecule has 154 valence electrons. The van der Waals surface area contributed by atoms with Gasteiger partial charge in [-0.1, -0.05) is 54.7 Å². The maximum absolute atomic E-state index is 6.41. The molecule has 0 radical (unpaired) electrons. The van der Waals surface area contributed by atoms with E-state index in [4.69, 9.17) is 40.5 Å². The number of piperidine rings is 1. The van der Waals surface area contributed by atoms with Crippen molar-refractivity contribution < 1.29 is 0 Å². The van der Waals surface area contributed by atoms with Crippen LogP contribution in [-0.2, 0) is 0 Å². The van der Waals surface area contributed by atoms with Crippen molar-refractivity contribution in [3.05, 3.63) is 63.1 Å². The molecule has 1 aliphatic heterocycles. The maximum atomic E-state index is 6.41. The highest BCUT2D eigenvalue weighted by molar-refractivity contribution is 6.35. The van der Waals surface area contributed by atoms with Crippen molar-refractivity contribution in [3.8, 4) is 0 Å². The van der Waals surface area contributed by atoms with Crippen molar-refractivity contribution in [1.29, 1.82) is 0 Å². The van der Waals surface area contributed by atoms with Crippen LogP contribution in [0.3, 0.4) is 0 Å². The molecule has 0 aromatic heterocycles. The maximum Gasteiger partial charge on any atom is 0.0557 e. The second kappa shape index (κ2) is 10.7. The Hall–Kier alpha value is -0.930. The van der Waals surface area contributed by atoms with Crippen LogP contribution in [0.5, 0.6) is 0 Å². The number of nitrogens with two attached hydrogens (primary N) is 1. The minimum absolute atomic E-state index is 0.250. The van der Waals surface area contributed by atoms with Crippen LogP contribution in [0.2, 0.25) is 15.1 Å². The van der Waals surface area contributed by atoms with Crippen LogP contribution < -0.4 is 10.6 Å². The van der Waals surface area contributed by atoms with Crippen LogP contribution in [0.1, 0.15) is 64.5 Å². The van der Waals surface area contributed by atoms with E-state index < -0.39 is 0 Å². The highest BCUT2D eigenvalue weighted by Crippen LogP contribution is 2.38. The average molecular weight is 442 g/mol. The zero-order chi connectivity index (χ0) is 20.7. The van der Waals surface area contributed by atoms with Gasteiger partial charge < -0.3 is 10.6 Å². The first-order valence-electron chi connectivity index (χ1n) is 10.1. The average Bonchev–Trinajstić information content (AvgIpc) is 3.39. The summed E-state index contributed by atoms with van der Waals surface area (Å²) in [7, 11) is 0. The van der Waals surface area contributed by atoms with E-state index in [1.54, 1.807) is 0 Å². The van der Waals surface area contributed by atoms with Crippen LogP contribution in [0.15, 0.2) is 42.5 Å². The Morgan fingerprint density at radius 1 is 0.929 bits per heavy atom. The minimum atomic E-state index is 0.250. The predicted octanol–water partition coefficient (Wildman–Crippen LogP) is 7.90. The summed E-state index contributed by atoms with van der Waals surface area (Å²) in [6.45, 7) is 7.11. The number of hydrogen-bond acceptors (Lipinski definition) is 2. The highest BCUT2D eigenvalue weighted by atomic mass is 35.5. The van der Waals surface area contributed by atoms with E-state index in [2.05, 4.69) is 24.0 Å². The number of hydrogen-bond donors (Lipinski definition) is 1. The van der Waals surface area contributed by atoms with E-state index in [9.17, 15) is 0 Å². The normalized spacial score (nSPS) is 19.7. The molecule has 1 saturated heterocycles. The molecule has 5 heteroatoms. The summed E-state index contributed by atoms with van der Waals surface area (Å²) in [5.74, 6) is 0. The Kier molecular flexibility index (Phi) is 8.95. The first kappa shape index (κ1) is 23.3. The Bertz CT molecular complexity index is 738. The lowest BCUT2D eigenvalue weighted by molar-refractivity contribution is 0.473. The summed E-state index contributed by atoms with van der Waals surface area (Å²) in [4.78, 5) is 2.41. The minimum Gasteiger partial charge on any atom is -0.364 e. The van der Waals surface area contributed by atoms with E-state index in [0.717, 1.165) is 28.6 Å². The summed E-state index contributed by atoms with van der Waals surface area (Å²) in [5.41, 5.74) is 8.05. The summed E-state index contributed by atoms with van der Waals surface area (Å²) < 4.78 is 0. The lowest BCUT2D eigenvalue weighted by Crippen LogP contribution is -2.33. The fourth-order valence-electron chi connectivity index (χ4n) is 3.17. The van der Waals surface area contributed by atoms with E-state index in [1.807, 2.05) is 44.2 Å². The van der Waals surface area contributed by atoms with Gasteiger partial charge in [0.05, 0.1) is 6.04 Å². The molecule has 2 N–H and O–H groups in total. The number of benzene rings is 2. The molecule has 2 nitrogen and oxygen atoms in total. The topological polar surface area (TPSA) is 29.3 Å². The zero-order valence-electron chi connectivity index (χ0n) is 17.0. The van der Waals surface area contributed by atoms with Gasteiger partial charge in [-0.25, -0.2) is 0 Å². The van der Waals surface area contributed by atoms with Gasteiger partial charge in [0, 0.05) is 32.8 Å². The van der Waals surface area contributed by atoms with E-state index >= 15 is 0 Å². The second-order valence-corrected chi connectivity index (χ2v) is 8.78. The van der Waals surface area contributed by atoms with Crippen LogP contribution in [0.25, 0.3) is 0 Å². The summed E-state index contributed by atoms with van der Waals surface area (Å²) >= 11 is 18.4. The quantitative estimate of drug-likeness (QED) is 0.513. The lowest BCUT2D eigenvalue weighted by atomic mass is 9.94. The largest absolute Gasteiger partial charge is 0.364 e. The molecule has 2 aromatic rings. The third-order valence-electron chi connectivity index (χ3n) is 5.02. The zero-order valence-corrected chi connectivity index (χ0v) is 19.3. The molecule has 1 atom stereocenters. The summed E-state index contributed by atoms with van der Waals surface area (Å²) in [5, 5.41) is 2.18. The van der Waals surface area contributed by atoms with Gasteiger partial charge in [0.15, 0.2) is 0 Å². The molecule has 0 bridgehead atoms. The molecular weight excluding hydrogens is 411 g/mol. The molecule has 0 amide bonds. The molecule has 28 heavy (non-hydrogen) atoms. The second-order valence-electron chi connectivity index (χ2n) is 7.50. The van der Waals surface area contributed by atoms with Gasteiger partial charge in [-0.05, 0) is 81.0 Å². The number of anilines is 1.